The molecule has 166 valence electrons. The van der Waals surface area contributed by atoms with Gasteiger partial charge in [0.25, 0.3) is 0 Å². The Hall–Kier alpha value is -3.84. The minimum atomic E-state index is -0.239. The molecule has 0 radical (unpaired) electrons. The number of para-hydroxylation sites is 2. The molecular formula is C26H24N4O2S. The van der Waals surface area contributed by atoms with E-state index in [0.717, 1.165) is 28.5 Å². The minimum Gasteiger partial charge on any atom is -0.506 e. The van der Waals surface area contributed by atoms with Crippen molar-refractivity contribution >= 4 is 23.0 Å². The normalized spacial score (nSPS) is 17.8. The van der Waals surface area contributed by atoms with Gasteiger partial charge < -0.3 is 24.6 Å². The Morgan fingerprint density at radius 1 is 0.970 bits per heavy atom. The first kappa shape index (κ1) is 21.0. The molecule has 5 rings (SSSR count). The van der Waals surface area contributed by atoms with Crippen LogP contribution in [0.15, 0.2) is 85.1 Å². The Bertz CT molecular complexity index is 1290. The lowest BCUT2D eigenvalue weighted by Crippen LogP contribution is -2.30. The van der Waals surface area contributed by atoms with Crippen molar-refractivity contribution in [2.45, 2.75) is 19.0 Å². The molecule has 7 heteroatoms. The van der Waals surface area contributed by atoms with Gasteiger partial charge in [-0.05, 0) is 79.8 Å². The first-order valence-electron chi connectivity index (χ1n) is 10.7. The maximum Gasteiger partial charge on any atom is 0.174 e. The van der Waals surface area contributed by atoms with Gasteiger partial charge in [-0.3, -0.25) is 4.98 Å². The largest absolute Gasteiger partial charge is 0.506 e. The summed E-state index contributed by atoms with van der Waals surface area (Å²) in [6.07, 6.45) is 1.79. The number of hydrogen-bond donors (Lipinski definition) is 2. The molecule has 0 saturated carbocycles. The van der Waals surface area contributed by atoms with Crippen LogP contribution in [0.25, 0.3) is 5.69 Å². The molecule has 6 nitrogen and oxygen atoms in total. The van der Waals surface area contributed by atoms with E-state index in [1.54, 1.807) is 25.4 Å². The molecule has 0 unspecified atom stereocenters. The smallest absolute Gasteiger partial charge is 0.174 e. The van der Waals surface area contributed by atoms with Gasteiger partial charge in [0.15, 0.2) is 5.11 Å². The second-order valence-corrected chi connectivity index (χ2v) is 8.31. The number of hydrogen-bond acceptors (Lipinski definition) is 4. The molecule has 1 fully saturated rings. The summed E-state index contributed by atoms with van der Waals surface area (Å²) in [5, 5.41) is 14.7. The molecule has 0 spiro atoms. The third-order valence-corrected chi connectivity index (χ3v) is 6.29. The van der Waals surface area contributed by atoms with Crippen molar-refractivity contribution in [1.29, 1.82) is 0 Å². The number of aromatic nitrogens is 2. The predicted octanol–water partition coefficient (Wildman–Crippen LogP) is 5.07. The topological polar surface area (TPSA) is 62.5 Å². The van der Waals surface area contributed by atoms with Crippen LogP contribution in [0.5, 0.6) is 11.5 Å². The number of aryl methyl sites for hydroxylation is 1. The minimum absolute atomic E-state index is 0.174. The highest BCUT2D eigenvalue weighted by Crippen LogP contribution is 2.45. The molecule has 2 atom stereocenters. The standard InChI is InChI=1S/C26H24N4O2S/c1-17-10-15-22(29(17)18-11-13-19(32-2)14-12-18)25-24(20-7-5-6-16-27-20)28-26(33)30(25)21-8-3-4-9-23(21)31/h3-16,24-25,31H,1-2H3,(H,28,33)/t24-,25+/m1/s1. The van der Waals surface area contributed by atoms with Crippen LogP contribution in [-0.4, -0.2) is 26.9 Å². The number of benzene rings is 2. The number of methoxy groups -OCH3 is 1. The van der Waals surface area contributed by atoms with Crippen molar-refractivity contribution < 1.29 is 9.84 Å². The fourth-order valence-corrected chi connectivity index (χ4v) is 4.80. The number of pyridine rings is 1. The Labute approximate surface area is 198 Å². The van der Waals surface area contributed by atoms with Crippen LogP contribution < -0.4 is 15.0 Å². The van der Waals surface area contributed by atoms with Crippen molar-refractivity contribution in [3.8, 4) is 17.2 Å². The zero-order chi connectivity index (χ0) is 22.9. The van der Waals surface area contributed by atoms with E-state index in [2.05, 4.69) is 33.9 Å². The number of anilines is 1. The van der Waals surface area contributed by atoms with Crippen LogP contribution >= 0.6 is 12.2 Å². The zero-order valence-corrected chi connectivity index (χ0v) is 19.2. The Kier molecular flexibility index (Phi) is 5.48. The maximum atomic E-state index is 10.7. The van der Waals surface area contributed by atoms with E-state index in [1.165, 1.54) is 0 Å². The summed E-state index contributed by atoms with van der Waals surface area (Å²) >= 11 is 5.79. The fourth-order valence-electron chi connectivity index (χ4n) is 4.46. The van der Waals surface area contributed by atoms with Gasteiger partial charge in [0.05, 0.1) is 24.5 Å². The van der Waals surface area contributed by atoms with E-state index in [9.17, 15) is 5.11 Å². The van der Waals surface area contributed by atoms with Gasteiger partial charge in [-0.25, -0.2) is 0 Å². The fraction of sp³-hybridized carbons (Fsp3) is 0.154. The lowest BCUT2D eigenvalue weighted by atomic mass is 10.0. The Balaban J connectivity index is 1.70. The number of aromatic hydroxyl groups is 1. The van der Waals surface area contributed by atoms with E-state index in [4.69, 9.17) is 17.0 Å². The summed E-state index contributed by atoms with van der Waals surface area (Å²) in [4.78, 5) is 6.60. The van der Waals surface area contributed by atoms with Crippen LogP contribution in [0.1, 0.15) is 29.2 Å². The second-order valence-electron chi connectivity index (χ2n) is 7.92. The number of nitrogens with zero attached hydrogens (tertiary/aromatic N) is 3. The molecule has 1 aliphatic heterocycles. The van der Waals surface area contributed by atoms with Crippen molar-refractivity contribution in [3.63, 3.8) is 0 Å². The van der Waals surface area contributed by atoms with Gasteiger partial charge in [0.2, 0.25) is 0 Å². The summed E-state index contributed by atoms with van der Waals surface area (Å²) in [5.41, 5.74) is 4.67. The highest BCUT2D eigenvalue weighted by Gasteiger charge is 2.43. The first-order valence-corrected chi connectivity index (χ1v) is 11.1. The molecule has 0 bridgehead atoms. The quantitative estimate of drug-likeness (QED) is 0.409. The van der Waals surface area contributed by atoms with Gasteiger partial charge in [0, 0.05) is 23.3 Å². The number of ether oxygens (including phenoxy) is 1. The number of phenols is 1. The van der Waals surface area contributed by atoms with Crippen LogP contribution in [0.2, 0.25) is 0 Å². The molecule has 3 heterocycles. The van der Waals surface area contributed by atoms with Gasteiger partial charge in [-0.1, -0.05) is 18.2 Å². The molecule has 33 heavy (non-hydrogen) atoms. The van der Waals surface area contributed by atoms with Crippen molar-refractivity contribution in [3.05, 3.63) is 102 Å². The van der Waals surface area contributed by atoms with Gasteiger partial charge >= 0.3 is 0 Å². The molecule has 1 saturated heterocycles. The summed E-state index contributed by atoms with van der Waals surface area (Å²) in [7, 11) is 1.66. The Morgan fingerprint density at radius 3 is 2.42 bits per heavy atom. The molecule has 4 aromatic rings. The zero-order valence-electron chi connectivity index (χ0n) is 18.3. The molecule has 2 aromatic carbocycles. The van der Waals surface area contributed by atoms with E-state index in [-0.39, 0.29) is 17.8 Å². The summed E-state index contributed by atoms with van der Waals surface area (Å²) < 4.78 is 7.55. The van der Waals surface area contributed by atoms with Crippen LogP contribution in [0.4, 0.5) is 5.69 Å². The number of nitrogens with one attached hydrogen (secondary N) is 1. The van der Waals surface area contributed by atoms with Crippen LogP contribution in [-0.2, 0) is 0 Å². The van der Waals surface area contributed by atoms with Crippen LogP contribution in [0.3, 0.4) is 0 Å². The van der Waals surface area contributed by atoms with Gasteiger partial charge in [0.1, 0.15) is 17.5 Å². The van der Waals surface area contributed by atoms with E-state index < -0.39 is 0 Å². The average Bonchev–Trinajstić information content (AvgIpc) is 3.39. The highest BCUT2D eigenvalue weighted by atomic mass is 32.1. The molecule has 0 amide bonds. The third-order valence-electron chi connectivity index (χ3n) is 5.98. The predicted molar refractivity (Wildman–Crippen MR) is 133 cm³/mol. The van der Waals surface area contributed by atoms with Crippen molar-refractivity contribution in [2.24, 2.45) is 0 Å². The number of thiocarbonyl (C=S) groups is 1. The third kappa shape index (κ3) is 3.70. The Morgan fingerprint density at radius 2 is 1.73 bits per heavy atom. The molecule has 0 aliphatic carbocycles. The first-order chi connectivity index (χ1) is 16.1. The lowest BCUT2D eigenvalue weighted by Gasteiger charge is -2.29. The van der Waals surface area contributed by atoms with E-state index in [0.29, 0.717) is 10.8 Å². The molecule has 2 N–H and O–H groups in total. The average molecular weight is 457 g/mol. The summed E-state index contributed by atoms with van der Waals surface area (Å²) in [6.45, 7) is 2.08. The summed E-state index contributed by atoms with van der Waals surface area (Å²) in [5.74, 6) is 0.976. The lowest BCUT2D eigenvalue weighted by molar-refractivity contribution is 0.414. The van der Waals surface area contributed by atoms with Gasteiger partial charge in [-0.2, -0.15) is 0 Å². The molecule has 1 aliphatic rings. The molecule has 2 aromatic heterocycles. The number of rotatable bonds is 5. The van der Waals surface area contributed by atoms with Crippen LogP contribution in [0, 0.1) is 6.92 Å². The highest BCUT2D eigenvalue weighted by molar-refractivity contribution is 7.80. The van der Waals surface area contributed by atoms with E-state index >= 15 is 0 Å². The van der Waals surface area contributed by atoms with E-state index in [1.807, 2.05) is 59.5 Å². The van der Waals surface area contributed by atoms with Crippen molar-refractivity contribution in [2.75, 3.05) is 12.0 Å². The van der Waals surface area contributed by atoms with Gasteiger partial charge in [-0.15, -0.1) is 0 Å². The molecular weight excluding hydrogens is 432 g/mol. The number of phenolic OH excluding ortho intramolecular Hbond substituents is 1. The second kappa shape index (κ2) is 8.60. The summed E-state index contributed by atoms with van der Waals surface area (Å²) in [6, 6.07) is 24.9. The maximum absolute atomic E-state index is 10.7. The SMILES string of the molecule is COc1ccc(-n2c(C)ccc2[C@H]2[C@@H](c3ccccn3)NC(=S)N2c2ccccc2O)cc1. The monoisotopic (exact) mass is 456 g/mol. The van der Waals surface area contributed by atoms with Crippen molar-refractivity contribution in [1.82, 2.24) is 14.9 Å².